The lowest BCUT2D eigenvalue weighted by Crippen LogP contribution is -2.39. The summed E-state index contributed by atoms with van der Waals surface area (Å²) < 4.78 is 2.63. The van der Waals surface area contributed by atoms with Gasteiger partial charge in [-0.05, 0) is 52.2 Å². The van der Waals surface area contributed by atoms with Gasteiger partial charge in [0.2, 0.25) is 0 Å². The molecule has 0 atom stereocenters. The Morgan fingerprint density at radius 3 is 2.78 bits per heavy atom. The van der Waals surface area contributed by atoms with Gasteiger partial charge in [-0.3, -0.25) is 4.79 Å². The van der Waals surface area contributed by atoms with Gasteiger partial charge in [0.25, 0.3) is 5.91 Å². The molecule has 1 aromatic carbocycles. The standard InChI is InChI=1S/C23H21BrClN5OS/c24-17-14-27-30-21(12-19(28-22(17)30)16-4-1-2-5-18(16)25)26-13-15-7-9-29(10-8-15)23(31)20-6-3-11-32-20/h1-6,11-12,14-15,26H,7-10,13H2. The molecule has 1 amide bonds. The first-order chi connectivity index (χ1) is 15.6. The van der Waals surface area contributed by atoms with Crippen molar-refractivity contribution in [3.8, 4) is 11.3 Å². The minimum absolute atomic E-state index is 0.146. The second-order valence-electron chi connectivity index (χ2n) is 7.83. The summed E-state index contributed by atoms with van der Waals surface area (Å²) in [6.07, 6.45) is 3.69. The zero-order valence-corrected chi connectivity index (χ0v) is 20.3. The molecule has 1 saturated heterocycles. The zero-order valence-electron chi connectivity index (χ0n) is 17.2. The van der Waals surface area contributed by atoms with Crippen LogP contribution in [0.5, 0.6) is 0 Å². The Bertz CT molecular complexity index is 1250. The molecule has 5 rings (SSSR count). The van der Waals surface area contributed by atoms with Crippen LogP contribution in [-0.2, 0) is 0 Å². The normalized spacial score (nSPS) is 14.8. The minimum Gasteiger partial charge on any atom is -0.370 e. The van der Waals surface area contributed by atoms with E-state index >= 15 is 0 Å². The molecule has 1 fully saturated rings. The highest BCUT2D eigenvalue weighted by Gasteiger charge is 2.24. The first-order valence-corrected chi connectivity index (χ1v) is 12.5. The summed E-state index contributed by atoms with van der Waals surface area (Å²) in [6.45, 7) is 2.37. The Morgan fingerprint density at radius 1 is 1.22 bits per heavy atom. The summed E-state index contributed by atoms with van der Waals surface area (Å²) in [4.78, 5) is 20.1. The second kappa shape index (κ2) is 9.21. The number of hydrogen-bond donors (Lipinski definition) is 1. The van der Waals surface area contributed by atoms with Crippen LogP contribution in [0.1, 0.15) is 22.5 Å². The van der Waals surface area contributed by atoms with Gasteiger partial charge in [-0.2, -0.15) is 9.61 Å². The van der Waals surface area contributed by atoms with Gasteiger partial charge in [0.05, 0.1) is 21.2 Å². The summed E-state index contributed by atoms with van der Waals surface area (Å²) in [5.74, 6) is 1.49. The van der Waals surface area contributed by atoms with E-state index in [0.717, 1.165) is 64.5 Å². The molecule has 1 aliphatic heterocycles. The number of hydrogen-bond acceptors (Lipinski definition) is 5. The highest BCUT2D eigenvalue weighted by atomic mass is 79.9. The molecule has 1 aliphatic rings. The fourth-order valence-electron chi connectivity index (χ4n) is 4.01. The van der Waals surface area contributed by atoms with Crippen LogP contribution in [0.2, 0.25) is 5.02 Å². The molecule has 164 valence electrons. The number of benzene rings is 1. The van der Waals surface area contributed by atoms with Crippen molar-refractivity contribution in [2.75, 3.05) is 25.0 Å². The van der Waals surface area contributed by atoms with E-state index in [1.165, 1.54) is 11.3 Å². The van der Waals surface area contributed by atoms with Crippen molar-refractivity contribution in [1.82, 2.24) is 19.5 Å². The Balaban J connectivity index is 1.31. The van der Waals surface area contributed by atoms with Gasteiger partial charge in [-0.1, -0.05) is 35.9 Å². The van der Waals surface area contributed by atoms with E-state index < -0.39 is 0 Å². The number of likely N-dealkylation sites (tertiary alicyclic amines) is 1. The monoisotopic (exact) mass is 529 g/mol. The number of carbonyl (C=O) groups is 1. The third kappa shape index (κ3) is 4.27. The van der Waals surface area contributed by atoms with E-state index in [1.54, 1.807) is 10.7 Å². The van der Waals surface area contributed by atoms with Gasteiger partial charge in [0.15, 0.2) is 5.65 Å². The maximum Gasteiger partial charge on any atom is 0.263 e. The Hall–Kier alpha value is -2.42. The fourth-order valence-corrected chi connectivity index (χ4v) is 5.29. The van der Waals surface area contributed by atoms with E-state index in [-0.39, 0.29) is 5.91 Å². The number of piperidine rings is 1. The number of fused-ring (bicyclic) bond motifs is 1. The number of amides is 1. The molecule has 0 saturated carbocycles. The minimum atomic E-state index is 0.146. The molecule has 32 heavy (non-hydrogen) atoms. The molecule has 0 spiro atoms. The number of nitrogens with one attached hydrogen (secondary N) is 1. The van der Waals surface area contributed by atoms with Gasteiger partial charge in [0, 0.05) is 36.3 Å². The van der Waals surface area contributed by atoms with Crippen LogP contribution in [0.15, 0.2) is 58.5 Å². The Morgan fingerprint density at radius 2 is 2.03 bits per heavy atom. The first-order valence-electron chi connectivity index (χ1n) is 10.5. The maximum absolute atomic E-state index is 12.6. The van der Waals surface area contributed by atoms with Crippen LogP contribution >= 0.6 is 38.9 Å². The number of rotatable bonds is 5. The predicted octanol–water partition coefficient (Wildman–Crippen LogP) is 5.84. The highest BCUT2D eigenvalue weighted by Crippen LogP contribution is 2.30. The molecule has 4 heterocycles. The largest absolute Gasteiger partial charge is 0.370 e. The van der Waals surface area contributed by atoms with E-state index in [2.05, 4.69) is 26.3 Å². The molecule has 0 unspecified atom stereocenters. The molecule has 9 heteroatoms. The molecular weight excluding hydrogens is 510 g/mol. The number of anilines is 1. The van der Waals surface area contributed by atoms with Gasteiger partial charge < -0.3 is 10.2 Å². The zero-order chi connectivity index (χ0) is 22.1. The van der Waals surface area contributed by atoms with E-state index in [0.29, 0.717) is 10.9 Å². The van der Waals surface area contributed by atoms with E-state index in [4.69, 9.17) is 16.6 Å². The molecule has 0 aliphatic carbocycles. The van der Waals surface area contributed by atoms with Crippen LogP contribution in [-0.4, -0.2) is 45.0 Å². The highest BCUT2D eigenvalue weighted by molar-refractivity contribution is 9.10. The number of carbonyl (C=O) groups excluding carboxylic acids is 1. The van der Waals surface area contributed by atoms with Crippen molar-refractivity contribution >= 4 is 56.2 Å². The third-order valence-electron chi connectivity index (χ3n) is 5.78. The maximum atomic E-state index is 12.6. The lowest BCUT2D eigenvalue weighted by Gasteiger charge is -2.32. The topological polar surface area (TPSA) is 62.5 Å². The number of thiophene rings is 1. The molecule has 4 aromatic rings. The summed E-state index contributed by atoms with van der Waals surface area (Å²) in [5.41, 5.74) is 2.41. The van der Waals surface area contributed by atoms with Gasteiger partial charge in [-0.25, -0.2) is 4.98 Å². The summed E-state index contributed by atoms with van der Waals surface area (Å²) in [5, 5.41) is 10.6. The summed E-state index contributed by atoms with van der Waals surface area (Å²) in [7, 11) is 0. The summed E-state index contributed by atoms with van der Waals surface area (Å²) in [6, 6.07) is 13.5. The number of halogens is 2. The van der Waals surface area contributed by atoms with Crippen LogP contribution in [0.25, 0.3) is 16.9 Å². The van der Waals surface area contributed by atoms with Crippen molar-refractivity contribution in [2.24, 2.45) is 5.92 Å². The van der Waals surface area contributed by atoms with Crippen molar-refractivity contribution < 1.29 is 4.79 Å². The fraction of sp³-hybridized carbons (Fsp3) is 0.261. The molecule has 1 N–H and O–H groups in total. The van der Waals surface area contributed by atoms with Crippen LogP contribution in [0.4, 0.5) is 5.82 Å². The van der Waals surface area contributed by atoms with Crippen LogP contribution in [0, 0.1) is 5.92 Å². The van der Waals surface area contributed by atoms with Gasteiger partial charge in [-0.15, -0.1) is 11.3 Å². The van der Waals surface area contributed by atoms with Crippen LogP contribution < -0.4 is 5.32 Å². The lowest BCUT2D eigenvalue weighted by atomic mass is 9.96. The average molecular weight is 531 g/mol. The molecule has 3 aromatic heterocycles. The lowest BCUT2D eigenvalue weighted by molar-refractivity contribution is 0.0700. The van der Waals surface area contributed by atoms with Crippen molar-refractivity contribution in [1.29, 1.82) is 0 Å². The molecule has 0 bridgehead atoms. The van der Waals surface area contributed by atoms with Gasteiger partial charge >= 0.3 is 0 Å². The molecular formula is C23H21BrClN5OS. The van der Waals surface area contributed by atoms with E-state index in [9.17, 15) is 4.79 Å². The van der Waals surface area contributed by atoms with Crippen molar-refractivity contribution in [2.45, 2.75) is 12.8 Å². The summed E-state index contributed by atoms with van der Waals surface area (Å²) >= 11 is 11.5. The number of nitrogens with zero attached hydrogens (tertiary/aromatic N) is 4. The van der Waals surface area contributed by atoms with Crippen molar-refractivity contribution in [3.05, 3.63) is 68.4 Å². The SMILES string of the molecule is O=C(c1cccs1)N1CCC(CNc2cc(-c3ccccc3Cl)nc3c(Br)cnn23)CC1. The number of aromatic nitrogens is 3. The quantitative estimate of drug-likeness (QED) is 0.352. The molecule has 6 nitrogen and oxygen atoms in total. The smallest absolute Gasteiger partial charge is 0.263 e. The van der Waals surface area contributed by atoms with E-state index in [1.807, 2.05) is 52.7 Å². The predicted molar refractivity (Wildman–Crippen MR) is 133 cm³/mol. The average Bonchev–Trinajstić information content (AvgIpc) is 3.48. The Kier molecular flexibility index (Phi) is 6.17. The molecule has 0 radical (unpaired) electrons. The Labute approximate surface area is 203 Å². The van der Waals surface area contributed by atoms with Crippen molar-refractivity contribution in [3.63, 3.8) is 0 Å². The van der Waals surface area contributed by atoms with Crippen LogP contribution in [0.3, 0.4) is 0 Å². The first kappa shape index (κ1) is 21.4. The van der Waals surface area contributed by atoms with Gasteiger partial charge in [0.1, 0.15) is 5.82 Å². The second-order valence-corrected chi connectivity index (χ2v) is 10.0. The third-order valence-corrected chi connectivity index (χ3v) is 7.53.